The Morgan fingerprint density at radius 3 is 2.33 bits per heavy atom. The molecule has 3 rings (SSSR count). The first-order chi connectivity index (χ1) is 15.7. The molecule has 7 nitrogen and oxygen atoms in total. The van der Waals surface area contributed by atoms with Gasteiger partial charge in [0.1, 0.15) is 16.8 Å². The van der Waals surface area contributed by atoms with Gasteiger partial charge in [-0.05, 0) is 36.3 Å². The Kier molecular flexibility index (Phi) is 7.79. The summed E-state index contributed by atoms with van der Waals surface area (Å²) in [7, 11) is 3.55. The molecule has 2 aromatic carbocycles. The van der Waals surface area contributed by atoms with E-state index >= 15 is 0 Å². The van der Waals surface area contributed by atoms with Crippen LogP contribution in [0.25, 0.3) is 6.08 Å². The number of nitrogens with zero attached hydrogens (tertiary/aromatic N) is 3. The average Bonchev–Trinajstić information content (AvgIpc) is 2.76. The van der Waals surface area contributed by atoms with Gasteiger partial charge in [0.15, 0.2) is 0 Å². The minimum atomic E-state index is -0.998. The number of hydrogen-bond acceptors (Lipinski definition) is 5. The number of anilines is 2. The Hall–Kier alpha value is -3.71. The average molecular weight is 465 g/mol. The highest BCUT2D eigenvalue weighted by Gasteiger charge is 2.17. The number of benzene rings is 2. The van der Waals surface area contributed by atoms with E-state index in [0.717, 1.165) is 11.1 Å². The van der Waals surface area contributed by atoms with E-state index < -0.39 is 5.97 Å². The zero-order chi connectivity index (χ0) is 24.0. The van der Waals surface area contributed by atoms with Gasteiger partial charge in [-0.2, -0.15) is 0 Å². The molecule has 1 aromatic heterocycles. The Morgan fingerprint density at radius 2 is 1.73 bits per heavy atom. The van der Waals surface area contributed by atoms with E-state index in [0.29, 0.717) is 29.3 Å². The van der Waals surface area contributed by atoms with Crippen LogP contribution >= 0.6 is 11.6 Å². The van der Waals surface area contributed by atoms with Gasteiger partial charge in [0.05, 0.1) is 6.42 Å². The molecule has 0 aliphatic rings. The van der Waals surface area contributed by atoms with Crippen molar-refractivity contribution in [2.24, 2.45) is 0 Å². The van der Waals surface area contributed by atoms with Crippen molar-refractivity contribution >= 4 is 41.1 Å². The second kappa shape index (κ2) is 10.7. The summed E-state index contributed by atoms with van der Waals surface area (Å²) in [6.45, 7) is 2.01. The van der Waals surface area contributed by atoms with Crippen LogP contribution in [0.3, 0.4) is 0 Å². The summed E-state index contributed by atoms with van der Waals surface area (Å²) >= 11 is 6.26. The molecule has 0 fully saturated rings. The van der Waals surface area contributed by atoms with Crippen LogP contribution in [0.5, 0.6) is 0 Å². The second-order valence-electron chi connectivity index (χ2n) is 7.80. The van der Waals surface area contributed by atoms with Crippen molar-refractivity contribution in [3.8, 4) is 0 Å². The number of carbonyl (C=O) groups is 2. The molecule has 0 spiro atoms. The SMILES string of the molecule is Cc1ccc(/C=C/C(=O)Nc2ccc(Cc3nc(Cl)c(CC(=O)O)c(N(C)C)n3)cc2)cc1. The molecule has 0 atom stereocenters. The summed E-state index contributed by atoms with van der Waals surface area (Å²) in [5.74, 6) is -0.252. The molecule has 0 saturated carbocycles. The first-order valence-corrected chi connectivity index (χ1v) is 10.7. The fourth-order valence-corrected chi connectivity index (χ4v) is 3.41. The molecular formula is C25H25ClN4O3. The second-order valence-corrected chi connectivity index (χ2v) is 8.16. The zero-order valence-electron chi connectivity index (χ0n) is 18.7. The number of halogens is 1. The third-order valence-corrected chi connectivity index (χ3v) is 5.13. The number of rotatable bonds is 8. The van der Waals surface area contributed by atoms with Crippen molar-refractivity contribution in [1.82, 2.24) is 9.97 Å². The first kappa shape index (κ1) is 23.9. The molecule has 0 aliphatic carbocycles. The highest BCUT2D eigenvalue weighted by molar-refractivity contribution is 6.30. The molecule has 170 valence electrons. The molecule has 0 saturated heterocycles. The third-order valence-electron chi connectivity index (χ3n) is 4.82. The molecule has 0 aliphatic heterocycles. The Balaban J connectivity index is 1.67. The standard InChI is InChI=1S/C25H25ClN4O3/c1-16-4-6-17(7-5-16)10-13-22(31)27-19-11-8-18(9-12-19)14-21-28-24(26)20(15-23(32)33)25(29-21)30(2)3/h4-13H,14-15H2,1-3H3,(H,27,31)(H,32,33)/b13-10+. The smallest absolute Gasteiger partial charge is 0.308 e. The van der Waals surface area contributed by atoms with Crippen LogP contribution in [0.4, 0.5) is 11.5 Å². The number of nitrogens with one attached hydrogen (secondary N) is 1. The number of amides is 1. The Morgan fingerprint density at radius 1 is 1.06 bits per heavy atom. The summed E-state index contributed by atoms with van der Waals surface area (Å²) in [4.78, 5) is 33.8. The summed E-state index contributed by atoms with van der Waals surface area (Å²) in [6, 6.07) is 15.3. The first-order valence-electron chi connectivity index (χ1n) is 10.3. The number of carboxylic acids is 1. The lowest BCUT2D eigenvalue weighted by Crippen LogP contribution is -2.18. The zero-order valence-corrected chi connectivity index (χ0v) is 19.4. The van der Waals surface area contributed by atoms with Gasteiger partial charge in [-0.1, -0.05) is 53.6 Å². The number of aromatic nitrogens is 2. The molecule has 0 radical (unpaired) electrons. The van der Waals surface area contributed by atoms with Crippen LogP contribution in [0.2, 0.25) is 5.15 Å². The summed E-state index contributed by atoms with van der Waals surface area (Å²) < 4.78 is 0. The minimum absolute atomic E-state index is 0.135. The lowest BCUT2D eigenvalue weighted by molar-refractivity contribution is -0.136. The van der Waals surface area contributed by atoms with Gasteiger partial charge >= 0.3 is 5.97 Å². The lowest BCUT2D eigenvalue weighted by Gasteiger charge is -2.17. The van der Waals surface area contributed by atoms with Crippen molar-refractivity contribution in [3.63, 3.8) is 0 Å². The van der Waals surface area contributed by atoms with Crippen molar-refractivity contribution in [2.45, 2.75) is 19.8 Å². The van der Waals surface area contributed by atoms with Gasteiger partial charge in [-0.15, -0.1) is 0 Å². The maximum Gasteiger partial charge on any atom is 0.308 e. The van der Waals surface area contributed by atoms with Crippen LogP contribution in [-0.2, 0) is 22.4 Å². The van der Waals surface area contributed by atoms with Crippen molar-refractivity contribution in [1.29, 1.82) is 0 Å². The Bertz CT molecular complexity index is 1170. The molecule has 1 heterocycles. The topological polar surface area (TPSA) is 95.4 Å². The minimum Gasteiger partial charge on any atom is -0.481 e. The predicted octanol–water partition coefficient (Wildman–Crippen LogP) is 4.37. The van der Waals surface area contributed by atoms with E-state index in [1.54, 1.807) is 37.2 Å². The molecule has 8 heteroatoms. The van der Waals surface area contributed by atoms with Crippen LogP contribution in [0, 0.1) is 6.92 Å². The van der Waals surface area contributed by atoms with E-state index in [2.05, 4.69) is 15.3 Å². The molecule has 3 aromatic rings. The molecule has 2 N–H and O–H groups in total. The predicted molar refractivity (Wildman–Crippen MR) is 131 cm³/mol. The van der Waals surface area contributed by atoms with E-state index in [1.165, 1.54) is 11.6 Å². The molecule has 33 heavy (non-hydrogen) atoms. The number of hydrogen-bond donors (Lipinski definition) is 2. The van der Waals surface area contributed by atoms with Crippen molar-refractivity contribution in [3.05, 3.63) is 87.8 Å². The highest BCUT2D eigenvalue weighted by atomic mass is 35.5. The fraction of sp³-hybridized carbons (Fsp3) is 0.200. The maximum absolute atomic E-state index is 12.2. The van der Waals surface area contributed by atoms with Gasteiger partial charge < -0.3 is 15.3 Å². The summed E-state index contributed by atoms with van der Waals surface area (Å²) in [5.41, 5.74) is 4.10. The molecule has 0 unspecified atom stereocenters. The van der Waals surface area contributed by atoms with Crippen LogP contribution < -0.4 is 10.2 Å². The Labute approximate surface area is 197 Å². The molecule has 0 bridgehead atoms. The highest BCUT2D eigenvalue weighted by Crippen LogP contribution is 2.25. The molecule has 1 amide bonds. The van der Waals surface area contributed by atoms with Crippen molar-refractivity contribution in [2.75, 3.05) is 24.3 Å². The van der Waals surface area contributed by atoms with Gasteiger partial charge in [0, 0.05) is 37.8 Å². The van der Waals surface area contributed by atoms with Crippen molar-refractivity contribution < 1.29 is 14.7 Å². The maximum atomic E-state index is 12.2. The normalized spacial score (nSPS) is 10.9. The third kappa shape index (κ3) is 6.89. The van der Waals surface area contributed by atoms with Crippen LogP contribution in [0.15, 0.2) is 54.6 Å². The lowest BCUT2D eigenvalue weighted by atomic mass is 10.1. The number of aliphatic carboxylic acids is 1. The molecular weight excluding hydrogens is 440 g/mol. The van der Waals surface area contributed by atoms with Gasteiger partial charge in [-0.25, -0.2) is 9.97 Å². The van der Waals surface area contributed by atoms with Gasteiger partial charge in [0.25, 0.3) is 0 Å². The van der Waals surface area contributed by atoms with Gasteiger partial charge in [0.2, 0.25) is 5.91 Å². The summed E-state index contributed by atoms with van der Waals surface area (Å²) in [6.07, 6.45) is 3.42. The largest absolute Gasteiger partial charge is 0.481 e. The van der Waals surface area contributed by atoms with E-state index in [9.17, 15) is 9.59 Å². The quantitative estimate of drug-likeness (QED) is 0.379. The number of carbonyl (C=O) groups excluding carboxylic acids is 1. The summed E-state index contributed by atoms with van der Waals surface area (Å²) in [5, 5.41) is 12.1. The van der Waals surface area contributed by atoms with E-state index in [4.69, 9.17) is 16.7 Å². The fourth-order valence-electron chi connectivity index (χ4n) is 3.16. The van der Waals surface area contributed by atoms with E-state index in [1.807, 2.05) is 43.3 Å². The van der Waals surface area contributed by atoms with Crippen LogP contribution in [-0.4, -0.2) is 41.0 Å². The van der Waals surface area contributed by atoms with E-state index in [-0.39, 0.29) is 17.5 Å². The number of aryl methyl sites for hydroxylation is 1. The van der Waals surface area contributed by atoms with Crippen LogP contribution in [0.1, 0.15) is 28.1 Å². The number of carboxylic acid groups (broad SMARTS) is 1. The van der Waals surface area contributed by atoms with Gasteiger partial charge in [-0.3, -0.25) is 9.59 Å². The monoisotopic (exact) mass is 464 g/mol.